The molecule has 0 aliphatic heterocycles. The maximum atomic E-state index is 11.4. The minimum atomic E-state index is -3.09. The van der Waals surface area contributed by atoms with Crippen molar-refractivity contribution in [2.75, 3.05) is 6.26 Å². The van der Waals surface area contributed by atoms with Crippen LogP contribution in [-0.2, 0) is 9.84 Å². The Hall–Kier alpha value is -0.100. The first-order chi connectivity index (χ1) is 5.84. The number of rotatable bonds is 1. The van der Waals surface area contributed by atoms with Gasteiger partial charge in [0.15, 0.2) is 9.84 Å². The van der Waals surface area contributed by atoms with Gasteiger partial charge in [-0.3, -0.25) is 0 Å². The second-order valence-electron chi connectivity index (χ2n) is 3.09. The van der Waals surface area contributed by atoms with E-state index in [0.29, 0.717) is 4.90 Å². The minimum Gasteiger partial charge on any atom is -0.224 e. The molecule has 0 aliphatic rings. The number of hydrogen-bond acceptors (Lipinski definition) is 2. The van der Waals surface area contributed by atoms with Gasteiger partial charge in [-0.15, -0.1) is 0 Å². The lowest BCUT2D eigenvalue weighted by atomic mass is 10.2. The Balaban J connectivity index is 3.62. The Morgan fingerprint density at radius 1 is 1.23 bits per heavy atom. The van der Waals surface area contributed by atoms with E-state index in [-0.39, 0.29) is 0 Å². The van der Waals surface area contributed by atoms with Gasteiger partial charge in [-0.25, -0.2) is 8.42 Å². The van der Waals surface area contributed by atoms with E-state index in [1.807, 2.05) is 26.0 Å². The molecule has 0 atom stereocenters. The first-order valence-electron chi connectivity index (χ1n) is 3.80. The van der Waals surface area contributed by atoms with Gasteiger partial charge < -0.3 is 0 Å². The van der Waals surface area contributed by atoms with Crippen LogP contribution in [0.5, 0.6) is 0 Å². The molecule has 0 bridgehead atoms. The highest BCUT2D eigenvalue weighted by Gasteiger charge is 2.15. The van der Waals surface area contributed by atoms with Crippen LogP contribution in [0.2, 0.25) is 0 Å². The molecule has 0 N–H and O–H groups in total. The Morgan fingerprint density at radius 2 is 1.77 bits per heavy atom. The molecule has 13 heavy (non-hydrogen) atoms. The maximum absolute atomic E-state index is 11.4. The van der Waals surface area contributed by atoms with Gasteiger partial charge in [-0.05, 0) is 53.6 Å². The van der Waals surface area contributed by atoms with Crippen LogP contribution in [0.4, 0.5) is 0 Å². The largest absolute Gasteiger partial charge is 0.224 e. The fourth-order valence-corrected chi connectivity index (χ4v) is 3.33. The summed E-state index contributed by atoms with van der Waals surface area (Å²) in [6.45, 7) is 3.66. The first kappa shape index (κ1) is 11.0. The van der Waals surface area contributed by atoms with E-state index in [2.05, 4.69) is 22.6 Å². The summed E-state index contributed by atoms with van der Waals surface area (Å²) in [5.41, 5.74) is 1.67. The van der Waals surface area contributed by atoms with E-state index < -0.39 is 9.84 Å². The zero-order chi connectivity index (χ0) is 10.2. The molecule has 72 valence electrons. The highest BCUT2D eigenvalue weighted by molar-refractivity contribution is 14.1. The van der Waals surface area contributed by atoms with Crippen molar-refractivity contribution in [1.29, 1.82) is 0 Å². The van der Waals surface area contributed by atoms with E-state index in [1.54, 1.807) is 0 Å². The topological polar surface area (TPSA) is 34.1 Å². The maximum Gasteiger partial charge on any atom is 0.176 e. The van der Waals surface area contributed by atoms with Crippen molar-refractivity contribution in [2.24, 2.45) is 0 Å². The molecular weight excluding hydrogens is 299 g/mol. The third kappa shape index (κ3) is 2.22. The second kappa shape index (κ2) is 3.57. The average molecular weight is 310 g/mol. The van der Waals surface area contributed by atoms with E-state index in [4.69, 9.17) is 0 Å². The predicted octanol–water partition coefficient (Wildman–Crippen LogP) is 2.31. The standard InChI is InChI=1S/C9H11IO2S/c1-6-4-5-8(10)7(2)9(6)13(3,11)12/h4-5H,1-3H3. The third-order valence-electron chi connectivity index (χ3n) is 1.91. The van der Waals surface area contributed by atoms with E-state index in [1.165, 1.54) is 6.26 Å². The lowest BCUT2D eigenvalue weighted by Crippen LogP contribution is -2.04. The molecule has 0 aromatic heterocycles. The monoisotopic (exact) mass is 310 g/mol. The summed E-state index contributed by atoms with van der Waals surface area (Å²) < 4.78 is 23.8. The Labute approximate surface area is 92.4 Å². The second-order valence-corrected chi connectivity index (χ2v) is 6.21. The molecule has 0 aliphatic carbocycles. The van der Waals surface area contributed by atoms with Crippen LogP contribution in [0.25, 0.3) is 0 Å². The van der Waals surface area contributed by atoms with Crippen molar-refractivity contribution < 1.29 is 8.42 Å². The smallest absolute Gasteiger partial charge is 0.176 e. The van der Waals surface area contributed by atoms with Crippen LogP contribution in [-0.4, -0.2) is 14.7 Å². The first-order valence-corrected chi connectivity index (χ1v) is 6.77. The number of aryl methyl sites for hydroxylation is 1. The van der Waals surface area contributed by atoms with Crippen molar-refractivity contribution in [1.82, 2.24) is 0 Å². The quantitative estimate of drug-likeness (QED) is 0.746. The van der Waals surface area contributed by atoms with Gasteiger partial charge in [-0.1, -0.05) is 6.07 Å². The summed E-state index contributed by atoms with van der Waals surface area (Å²) in [6, 6.07) is 3.77. The van der Waals surface area contributed by atoms with Crippen molar-refractivity contribution in [3.63, 3.8) is 0 Å². The summed E-state index contributed by atoms with van der Waals surface area (Å²) in [7, 11) is -3.09. The molecule has 0 radical (unpaired) electrons. The summed E-state index contributed by atoms with van der Waals surface area (Å²) >= 11 is 2.14. The average Bonchev–Trinajstić information content (AvgIpc) is 1.95. The molecule has 0 saturated carbocycles. The van der Waals surface area contributed by atoms with Gasteiger partial charge in [0.25, 0.3) is 0 Å². The van der Waals surface area contributed by atoms with E-state index >= 15 is 0 Å². The highest BCUT2D eigenvalue weighted by Crippen LogP contribution is 2.23. The zero-order valence-corrected chi connectivity index (χ0v) is 10.7. The zero-order valence-electron chi connectivity index (χ0n) is 7.76. The highest BCUT2D eigenvalue weighted by atomic mass is 127. The predicted molar refractivity (Wildman–Crippen MR) is 61.7 cm³/mol. The van der Waals surface area contributed by atoms with Crippen molar-refractivity contribution in [2.45, 2.75) is 18.7 Å². The van der Waals surface area contributed by atoms with Crippen LogP contribution >= 0.6 is 22.6 Å². The molecule has 1 rings (SSSR count). The molecule has 1 aromatic carbocycles. The van der Waals surface area contributed by atoms with Crippen LogP contribution in [0.1, 0.15) is 11.1 Å². The molecule has 0 spiro atoms. The third-order valence-corrected chi connectivity index (χ3v) is 4.45. The molecule has 1 aromatic rings. The number of halogens is 1. The van der Waals surface area contributed by atoms with Crippen LogP contribution < -0.4 is 0 Å². The molecule has 4 heteroatoms. The fourth-order valence-electron chi connectivity index (χ4n) is 1.37. The molecular formula is C9H11IO2S. The van der Waals surface area contributed by atoms with Crippen molar-refractivity contribution in [3.8, 4) is 0 Å². The normalized spacial score (nSPS) is 11.7. The van der Waals surface area contributed by atoms with Gasteiger partial charge >= 0.3 is 0 Å². The van der Waals surface area contributed by atoms with E-state index in [9.17, 15) is 8.42 Å². The van der Waals surface area contributed by atoms with Gasteiger partial charge in [0, 0.05) is 9.83 Å². The summed E-state index contributed by atoms with van der Waals surface area (Å²) in [6.07, 6.45) is 1.25. The number of hydrogen-bond donors (Lipinski definition) is 0. The minimum absolute atomic E-state index is 0.472. The molecule has 0 amide bonds. The van der Waals surface area contributed by atoms with Gasteiger partial charge in [0.1, 0.15) is 0 Å². The fraction of sp³-hybridized carbons (Fsp3) is 0.333. The van der Waals surface area contributed by atoms with Crippen molar-refractivity contribution in [3.05, 3.63) is 26.8 Å². The van der Waals surface area contributed by atoms with Gasteiger partial charge in [0.2, 0.25) is 0 Å². The summed E-state index contributed by atoms with van der Waals surface area (Å²) in [4.78, 5) is 0.472. The molecule has 2 nitrogen and oxygen atoms in total. The van der Waals surface area contributed by atoms with E-state index in [0.717, 1.165) is 14.7 Å². The molecule has 0 unspecified atom stereocenters. The summed E-state index contributed by atoms with van der Waals surface area (Å²) in [5.74, 6) is 0. The van der Waals surface area contributed by atoms with Crippen molar-refractivity contribution >= 4 is 32.4 Å². The Bertz CT molecular complexity index is 435. The Morgan fingerprint density at radius 3 is 2.15 bits per heavy atom. The summed E-state index contributed by atoms with van der Waals surface area (Å²) in [5, 5.41) is 0. The van der Waals surface area contributed by atoms with Crippen LogP contribution in [0.3, 0.4) is 0 Å². The van der Waals surface area contributed by atoms with Crippen LogP contribution in [0, 0.1) is 17.4 Å². The molecule has 0 fully saturated rings. The Kier molecular flexibility index (Phi) is 3.01. The van der Waals surface area contributed by atoms with Crippen LogP contribution in [0.15, 0.2) is 17.0 Å². The van der Waals surface area contributed by atoms with Gasteiger partial charge in [0.05, 0.1) is 4.90 Å². The number of benzene rings is 1. The lowest BCUT2D eigenvalue weighted by molar-refractivity contribution is 0.600. The number of sulfone groups is 1. The van der Waals surface area contributed by atoms with Gasteiger partial charge in [-0.2, -0.15) is 0 Å². The lowest BCUT2D eigenvalue weighted by Gasteiger charge is -2.08. The molecule has 0 saturated heterocycles. The molecule has 0 heterocycles. The SMILES string of the molecule is Cc1ccc(I)c(C)c1S(C)(=O)=O.